The maximum Gasteiger partial charge on any atom is 0.228 e. The number of carbonyl (C=O) groups excluding carboxylic acids is 1. The third-order valence-electron chi connectivity index (χ3n) is 4.86. The van der Waals surface area contributed by atoms with Crippen LogP contribution in [0.3, 0.4) is 0 Å². The van der Waals surface area contributed by atoms with Crippen molar-refractivity contribution in [2.75, 3.05) is 41.8 Å². The minimum absolute atomic E-state index is 0.143. The van der Waals surface area contributed by atoms with Crippen molar-refractivity contribution < 1.29 is 13.9 Å². The quantitative estimate of drug-likeness (QED) is 0.601. The van der Waals surface area contributed by atoms with Gasteiger partial charge in [-0.1, -0.05) is 17.7 Å². The number of halogens is 2. The van der Waals surface area contributed by atoms with E-state index in [1.54, 1.807) is 24.4 Å². The molecule has 1 amide bonds. The predicted molar refractivity (Wildman–Crippen MR) is 119 cm³/mol. The Morgan fingerprint density at radius 3 is 2.61 bits per heavy atom. The summed E-state index contributed by atoms with van der Waals surface area (Å²) in [6, 6.07) is 13.4. The number of nitrogens with zero attached hydrogens (tertiary/aromatic N) is 3. The summed E-state index contributed by atoms with van der Waals surface area (Å²) in [4.78, 5) is 14.5. The van der Waals surface area contributed by atoms with Gasteiger partial charge in [-0.2, -0.15) is 5.10 Å². The van der Waals surface area contributed by atoms with Gasteiger partial charge < -0.3 is 20.3 Å². The molecule has 2 N–H and O–H groups in total. The number of rotatable bonds is 6. The Balaban J connectivity index is 1.37. The fourth-order valence-corrected chi connectivity index (χ4v) is 3.49. The molecule has 2 aromatic carbocycles. The fourth-order valence-electron chi connectivity index (χ4n) is 3.26. The molecule has 3 aromatic rings. The van der Waals surface area contributed by atoms with Crippen LogP contribution in [0.4, 0.5) is 27.3 Å². The van der Waals surface area contributed by atoms with Crippen LogP contribution < -0.4 is 15.5 Å². The molecule has 1 aliphatic rings. The SMILES string of the molecule is O=C(Cc1c(F)cccc1Cl)Nc1ccc(Nc2cc(N3CCOCC3)cnn2)cc1. The van der Waals surface area contributed by atoms with E-state index in [4.69, 9.17) is 16.3 Å². The summed E-state index contributed by atoms with van der Waals surface area (Å²) >= 11 is 5.99. The summed E-state index contributed by atoms with van der Waals surface area (Å²) in [5.74, 6) is -0.227. The molecule has 1 saturated heterocycles. The minimum atomic E-state index is -0.498. The van der Waals surface area contributed by atoms with E-state index in [0.717, 1.165) is 24.5 Å². The van der Waals surface area contributed by atoms with Crippen LogP contribution in [0.25, 0.3) is 0 Å². The van der Waals surface area contributed by atoms with E-state index < -0.39 is 5.82 Å². The summed E-state index contributed by atoms with van der Waals surface area (Å²) in [5.41, 5.74) is 2.55. The van der Waals surface area contributed by atoms with Crippen LogP contribution in [-0.2, 0) is 16.0 Å². The molecule has 7 nitrogen and oxygen atoms in total. The first-order valence-corrected chi connectivity index (χ1v) is 10.2. The molecular formula is C22H21ClFN5O2. The third kappa shape index (κ3) is 5.48. The van der Waals surface area contributed by atoms with E-state index in [1.807, 2.05) is 18.2 Å². The van der Waals surface area contributed by atoms with Crippen molar-refractivity contribution in [3.05, 3.63) is 71.1 Å². The molecule has 1 aromatic heterocycles. The Hall–Kier alpha value is -3.23. The summed E-state index contributed by atoms with van der Waals surface area (Å²) in [6.45, 7) is 3.03. The van der Waals surface area contributed by atoms with Gasteiger partial charge in [0.2, 0.25) is 5.91 Å². The van der Waals surface area contributed by atoms with Gasteiger partial charge in [0.15, 0.2) is 5.82 Å². The second-order valence-corrected chi connectivity index (χ2v) is 7.43. The number of amides is 1. The van der Waals surface area contributed by atoms with Crippen molar-refractivity contribution in [1.82, 2.24) is 10.2 Å². The highest BCUT2D eigenvalue weighted by molar-refractivity contribution is 6.31. The van der Waals surface area contributed by atoms with Gasteiger partial charge >= 0.3 is 0 Å². The highest BCUT2D eigenvalue weighted by Gasteiger charge is 2.13. The lowest BCUT2D eigenvalue weighted by molar-refractivity contribution is -0.115. The molecule has 1 aliphatic heterocycles. The molecule has 160 valence electrons. The van der Waals surface area contributed by atoms with Crippen molar-refractivity contribution in [2.45, 2.75) is 6.42 Å². The number of hydrogen-bond donors (Lipinski definition) is 2. The van der Waals surface area contributed by atoms with Gasteiger partial charge in [0.1, 0.15) is 5.82 Å². The highest BCUT2D eigenvalue weighted by atomic mass is 35.5. The molecule has 1 fully saturated rings. The van der Waals surface area contributed by atoms with Crippen LogP contribution in [0, 0.1) is 5.82 Å². The van der Waals surface area contributed by atoms with Crippen molar-refractivity contribution in [3.8, 4) is 0 Å². The highest BCUT2D eigenvalue weighted by Crippen LogP contribution is 2.23. The van der Waals surface area contributed by atoms with E-state index in [9.17, 15) is 9.18 Å². The van der Waals surface area contributed by atoms with Gasteiger partial charge in [0.25, 0.3) is 0 Å². The van der Waals surface area contributed by atoms with Gasteiger partial charge in [0.05, 0.1) is 31.5 Å². The third-order valence-corrected chi connectivity index (χ3v) is 5.21. The van der Waals surface area contributed by atoms with E-state index >= 15 is 0 Å². The lowest BCUT2D eigenvalue weighted by Crippen LogP contribution is -2.36. The van der Waals surface area contributed by atoms with Gasteiger partial charge in [-0.05, 0) is 36.4 Å². The molecule has 31 heavy (non-hydrogen) atoms. The van der Waals surface area contributed by atoms with Crippen molar-refractivity contribution in [1.29, 1.82) is 0 Å². The lowest BCUT2D eigenvalue weighted by atomic mass is 10.1. The molecule has 0 radical (unpaired) electrons. The largest absolute Gasteiger partial charge is 0.378 e. The van der Waals surface area contributed by atoms with Crippen LogP contribution in [0.5, 0.6) is 0 Å². The number of aromatic nitrogens is 2. The number of nitrogens with one attached hydrogen (secondary N) is 2. The number of ether oxygens (including phenoxy) is 1. The van der Waals surface area contributed by atoms with Crippen molar-refractivity contribution in [2.24, 2.45) is 0 Å². The molecule has 4 rings (SSSR count). The monoisotopic (exact) mass is 441 g/mol. The molecule has 0 aliphatic carbocycles. The molecule has 0 spiro atoms. The van der Waals surface area contributed by atoms with Crippen LogP contribution in [0.15, 0.2) is 54.7 Å². The number of carbonyl (C=O) groups is 1. The average molecular weight is 442 g/mol. The van der Waals surface area contributed by atoms with Gasteiger partial charge in [-0.3, -0.25) is 4.79 Å². The van der Waals surface area contributed by atoms with E-state index in [2.05, 4.69) is 25.7 Å². The van der Waals surface area contributed by atoms with E-state index in [-0.39, 0.29) is 22.9 Å². The first-order valence-electron chi connectivity index (χ1n) is 9.84. The maximum atomic E-state index is 13.9. The van der Waals surface area contributed by atoms with Crippen LogP contribution in [0.1, 0.15) is 5.56 Å². The molecule has 9 heteroatoms. The summed E-state index contributed by atoms with van der Waals surface area (Å²) < 4.78 is 19.2. The normalized spacial score (nSPS) is 13.7. The number of benzene rings is 2. The summed E-state index contributed by atoms with van der Waals surface area (Å²) in [7, 11) is 0. The number of hydrogen-bond acceptors (Lipinski definition) is 6. The zero-order chi connectivity index (χ0) is 21.6. The van der Waals surface area contributed by atoms with E-state index in [1.165, 1.54) is 12.1 Å². The molecule has 0 atom stereocenters. The number of anilines is 4. The summed E-state index contributed by atoms with van der Waals surface area (Å²) in [6.07, 6.45) is 1.59. The van der Waals surface area contributed by atoms with E-state index in [0.29, 0.717) is 24.7 Å². The zero-order valence-corrected chi connectivity index (χ0v) is 17.4. The molecule has 0 unspecified atom stereocenters. The van der Waals surface area contributed by atoms with Gasteiger partial charge in [0, 0.05) is 41.1 Å². The maximum absolute atomic E-state index is 13.9. The second kappa shape index (κ2) is 9.72. The fraction of sp³-hybridized carbons (Fsp3) is 0.227. The zero-order valence-electron chi connectivity index (χ0n) is 16.6. The van der Waals surface area contributed by atoms with Crippen LogP contribution in [0.2, 0.25) is 5.02 Å². The molecule has 0 bridgehead atoms. The van der Waals surface area contributed by atoms with Gasteiger partial charge in [-0.25, -0.2) is 4.39 Å². The standard InChI is InChI=1S/C22H21ClFN5O2/c23-19-2-1-3-20(24)18(19)13-22(30)27-16-6-4-15(5-7-16)26-21-12-17(14-25-28-21)29-8-10-31-11-9-29/h1-7,12,14H,8-11,13H2,(H,26,28)(H,27,30). The topological polar surface area (TPSA) is 79.4 Å². The molecule has 0 saturated carbocycles. The van der Waals surface area contributed by atoms with Crippen LogP contribution >= 0.6 is 11.6 Å². The Morgan fingerprint density at radius 2 is 1.87 bits per heavy atom. The second-order valence-electron chi connectivity index (χ2n) is 7.03. The first kappa shape index (κ1) is 21.0. The Labute approximate surface area is 184 Å². The average Bonchev–Trinajstić information content (AvgIpc) is 2.79. The van der Waals surface area contributed by atoms with Crippen molar-refractivity contribution >= 4 is 40.4 Å². The van der Waals surface area contributed by atoms with Crippen molar-refractivity contribution in [3.63, 3.8) is 0 Å². The molecular weight excluding hydrogens is 421 g/mol. The van der Waals surface area contributed by atoms with Crippen LogP contribution in [-0.4, -0.2) is 42.4 Å². The Morgan fingerprint density at radius 1 is 1.13 bits per heavy atom. The van der Waals surface area contributed by atoms with Gasteiger partial charge in [-0.15, -0.1) is 5.10 Å². The predicted octanol–water partition coefficient (Wildman–Crippen LogP) is 4.03. The first-order chi connectivity index (χ1) is 15.1. The lowest BCUT2D eigenvalue weighted by Gasteiger charge is -2.28. The smallest absolute Gasteiger partial charge is 0.228 e. The number of morpholine rings is 1. The Kier molecular flexibility index (Phi) is 6.59. The minimum Gasteiger partial charge on any atom is -0.378 e. The molecule has 2 heterocycles. The summed E-state index contributed by atoms with van der Waals surface area (Å²) in [5, 5.41) is 14.4. The Bertz CT molecular complexity index is 1040.